The van der Waals surface area contributed by atoms with E-state index in [1.165, 1.54) is 6.92 Å². The first-order valence-electron chi connectivity index (χ1n) is 8.93. The average Bonchev–Trinajstić information content (AvgIpc) is 2.70. The minimum absolute atomic E-state index is 0.0242. The third-order valence-electron chi connectivity index (χ3n) is 4.00. The highest BCUT2D eigenvalue weighted by molar-refractivity contribution is 6.03. The van der Waals surface area contributed by atoms with Crippen LogP contribution in [-0.4, -0.2) is 23.3 Å². The molecule has 3 aromatic rings. The van der Waals surface area contributed by atoms with Gasteiger partial charge in [-0.1, -0.05) is 0 Å². The molecule has 1 aromatic heterocycles. The minimum Gasteiger partial charge on any atom is -0.494 e. The maximum Gasteiger partial charge on any atom is 0.274 e. The van der Waals surface area contributed by atoms with Crippen molar-refractivity contribution < 1.29 is 14.3 Å². The molecule has 0 aliphatic heterocycles. The molecular formula is C22H21N3O3. The Bertz CT molecular complexity index is 950. The van der Waals surface area contributed by atoms with E-state index in [1.54, 1.807) is 54.7 Å². The van der Waals surface area contributed by atoms with Gasteiger partial charge in [0.1, 0.15) is 11.4 Å². The van der Waals surface area contributed by atoms with Crippen LogP contribution in [0.5, 0.6) is 5.75 Å². The van der Waals surface area contributed by atoms with Crippen LogP contribution in [0.2, 0.25) is 0 Å². The predicted molar refractivity (Wildman–Crippen MR) is 110 cm³/mol. The standard InChI is InChI=1S/C22H21N3O3/c1-3-28-20-11-8-18(9-12-20)25-22(27)21-13-10-19(14-23-21)24-17-6-4-16(5-7-17)15(2)26/h4-14,24H,3H2,1-2H3,(H,25,27). The van der Waals surface area contributed by atoms with Crippen LogP contribution in [0, 0.1) is 0 Å². The number of ether oxygens (including phenoxy) is 1. The zero-order valence-electron chi connectivity index (χ0n) is 15.7. The number of aromatic nitrogens is 1. The normalized spacial score (nSPS) is 10.2. The number of ketones is 1. The van der Waals surface area contributed by atoms with E-state index in [0.29, 0.717) is 23.6 Å². The lowest BCUT2D eigenvalue weighted by molar-refractivity contribution is 0.101. The SMILES string of the molecule is CCOc1ccc(NC(=O)c2ccc(Nc3ccc(C(C)=O)cc3)cn2)cc1. The Balaban J connectivity index is 1.61. The van der Waals surface area contributed by atoms with Crippen molar-refractivity contribution >= 4 is 28.8 Å². The molecule has 1 amide bonds. The van der Waals surface area contributed by atoms with Gasteiger partial charge in [-0.25, -0.2) is 4.98 Å². The zero-order chi connectivity index (χ0) is 19.9. The second kappa shape index (κ2) is 8.81. The van der Waals surface area contributed by atoms with E-state index in [4.69, 9.17) is 4.74 Å². The number of rotatable bonds is 7. The molecule has 28 heavy (non-hydrogen) atoms. The summed E-state index contributed by atoms with van der Waals surface area (Å²) in [7, 11) is 0. The van der Waals surface area contributed by atoms with Crippen LogP contribution in [0.1, 0.15) is 34.7 Å². The molecule has 0 aliphatic carbocycles. The fraction of sp³-hybridized carbons (Fsp3) is 0.136. The highest BCUT2D eigenvalue weighted by Crippen LogP contribution is 2.18. The molecule has 0 saturated carbocycles. The van der Waals surface area contributed by atoms with E-state index in [0.717, 1.165) is 17.1 Å². The molecule has 0 aliphatic rings. The number of carbonyl (C=O) groups excluding carboxylic acids is 2. The van der Waals surface area contributed by atoms with Gasteiger partial charge in [0.2, 0.25) is 0 Å². The van der Waals surface area contributed by atoms with E-state index in [9.17, 15) is 9.59 Å². The van der Waals surface area contributed by atoms with Crippen molar-refractivity contribution in [2.24, 2.45) is 0 Å². The van der Waals surface area contributed by atoms with Crippen molar-refractivity contribution in [2.75, 3.05) is 17.2 Å². The van der Waals surface area contributed by atoms with Gasteiger partial charge in [0, 0.05) is 16.9 Å². The summed E-state index contributed by atoms with van der Waals surface area (Å²) in [6.07, 6.45) is 1.59. The molecule has 2 N–H and O–H groups in total. The summed E-state index contributed by atoms with van der Waals surface area (Å²) in [5, 5.41) is 5.99. The van der Waals surface area contributed by atoms with E-state index in [1.807, 2.05) is 19.1 Å². The fourth-order valence-corrected chi connectivity index (χ4v) is 2.55. The number of benzene rings is 2. The van der Waals surface area contributed by atoms with Gasteiger partial charge in [0.25, 0.3) is 5.91 Å². The van der Waals surface area contributed by atoms with E-state index < -0.39 is 0 Å². The van der Waals surface area contributed by atoms with Crippen LogP contribution in [0.25, 0.3) is 0 Å². The lowest BCUT2D eigenvalue weighted by atomic mass is 10.1. The number of hydrogen-bond acceptors (Lipinski definition) is 5. The molecular weight excluding hydrogens is 354 g/mol. The first-order valence-corrected chi connectivity index (χ1v) is 8.93. The minimum atomic E-state index is -0.290. The summed E-state index contributed by atoms with van der Waals surface area (Å²) in [4.78, 5) is 27.9. The largest absolute Gasteiger partial charge is 0.494 e. The van der Waals surface area contributed by atoms with Gasteiger partial charge in [0.05, 0.1) is 18.5 Å². The van der Waals surface area contributed by atoms with Crippen molar-refractivity contribution in [3.05, 3.63) is 78.1 Å². The summed E-state index contributed by atoms with van der Waals surface area (Å²) in [5.74, 6) is 0.489. The molecule has 0 atom stereocenters. The van der Waals surface area contributed by atoms with Crippen LogP contribution in [0.4, 0.5) is 17.1 Å². The van der Waals surface area contributed by atoms with E-state index in [2.05, 4.69) is 15.6 Å². The number of Topliss-reactive ketones (excluding diaryl/α,β-unsaturated/α-hetero) is 1. The van der Waals surface area contributed by atoms with Crippen LogP contribution < -0.4 is 15.4 Å². The molecule has 0 fully saturated rings. The van der Waals surface area contributed by atoms with Crippen molar-refractivity contribution in [1.29, 1.82) is 0 Å². The second-order valence-corrected chi connectivity index (χ2v) is 6.10. The molecule has 0 unspecified atom stereocenters. The third-order valence-corrected chi connectivity index (χ3v) is 4.00. The van der Waals surface area contributed by atoms with Gasteiger partial charge in [-0.3, -0.25) is 9.59 Å². The van der Waals surface area contributed by atoms with Gasteiger partial charge in [-0.05, 0) is 74.5 Å². The maximum absolute atomic E-state index is 12.3. The summed E-state index contributed by atoms with van der Waals surface area (Å²) in [6.45, 7) is 4.04. The van der Waals surface area contributed by atoms with Crippen LogP contribution in [0.15, 0.2) is 66.9 Å². The summed E-state index contributed by atoms with van der Waals surface area (Å²) in [5.41, 5.74) is 3.21. The van der Waals surface area contributed by atoms with E-state index in [-0.39, 0.29) is 11.7 Å². The Hall–Kier alpha value is -3.67. The van der Waals surface area contributed by atoms with Crippen LogP contribution >= 0.6 is 0 Å². The van der Waals surface area contributed by atoms with Crippen molar-refractivity contribution in [2.45, 2.75) is 13.8 Å². The molecule has 0 radical (unpaired) electrons. The monoisotopic (exact) mass is 375 g/mol. The van der Waals surface area contributed by atoms with Crippen molar-refractivity contribution in [1.82, 2.24) is 4.98 Å². The molecule has 142 valence electrons. The number of amides is 1. The maximum atomic E-state index is 12.3. The predicted octanol–water partition coefficient (Wildman–Crippen LogP) is 4.68. The van der Waals surface area contributed by atoms with Crippen LogP contribution in [-0.2, 0) is 0 Å². The molecule has 0 saturated heterocycles. The molecule has 0 bridgehead atoms. The first-order chi connectivity index (χ1) is 13.5. The van der Waals surface area contributed by atoms with Gasteiger partial charge < -0.3 is 15.4 Å². The highest BCUT2D eigenvalue weighted by atomic mass is 16.5. The zero-order valence-corrected chi connectivity index (χ0v) is 15.7. The number of pyridine rings is 1. The number of carbonyl (C=O) groups is 2. The molecule has 6 heteroatoms. The topological polar surface area (TPSA) is 80.3 Å². The van der Waals surface area contributed by atoms with Crippen molar-refractivity contribution in [3.8, 4) is 5.75 Å². The quantitative estimate of drug-likeness (QED) is 0.586. The molecule has 3 rings (SSSR count). The Morgan fingerprint density at radius 3 is 2.11 bits per heavy atom. The Morgan fingerprint density at radius 2 is 1.54 bits per heavy atom. The summed E-state index contributed by atoms with van der Waals surface area (Å²) < 4.78 is 5.38. The number of nitrogens with zero attached hydrogens (tertiary/aromatic N) is 1. The fourth-order valence-electron chi connectivity index (χ4n) is 2.55. The van der Waals surface area contributed by atoms with Gasteiger partial charge in [-0.15, -0.1) is 0 Å². The average molecular weight is 375 g/mol. The molecule has 2 aromatic carbocycles. The molecule has 1 heterocycles. The third kappa shape index (κ3) is 4.94. The molecule has 6 nitrogen and oxygen atoms in total. The van der Waals surface area contributed by atoms with Crippen molar-refractivity contribution in [3.63, 3.8) is 0 Å². The smallest absolute Gasteiger partial charge is 0.274 e. The highest BCUT2D eigenvalue weighted by Gasteiger charge is 2.08. The number of hydrogen-bond donors (Lipinski definition) is 2. The Morgan fingerprint density at radius 1 is 0.893 bits per heavy atom. The van der Waals surface area contributed by atoms with Gasteiger partial charge in [0.15, 0.2) is 5.78 Å². The van der Waals surface area contributed by atoms with Gasteiger partial charge >= 0.3 is 0 Å². The van der Waals surface area contributed by atoms with Gasteiger partial charge in [-0.2, -0.15) is 0 Å². The first kappa shape index (κ1) is 19.1. The second-order valence-electron chi connectivity index (χ2n) is 6.10. The Kier molecular flexibility index (Phi) is 6.01. The number of anilines is 3. The lowest BCUT2D eigenvalue weighted by Gasteiger charge is -2.09. The number of nitrogens with one attached hydrogen (secondary N) is 2. The molecule has 0 spiro atoms. The van der Waals surface area contributed by atoms with Crippen LogP contribution in [0.3, 0.4) is 0 Å². The van der Waals surface area contributed by atoms with E-state index >= 15 is 0 Å². The summed E-state index contributed by atoms with van der Waals surface area (Å²) in [6, 6.07) is 17.8. The Labute approximate surface area is 163 Å². The summed E-state index contributed by atoms with van der Waals surface area (Å²) >= 11 is 0. The lowest BCUT2D eigenvalue weighted by Crippen LogP contribution is -2.13.